The number of fused-ring (bicyclic) bond motifs is 2. The van der Waals surface area contributed by atoms with E-state index in [0.717, 1.165) is 38.3 Å². The number of hydrogen-bond acceptors (Lipinski definition) is 3. The van der Waals surface area contributed by atoms with E-state index in [-0.39, 0.29) is 5.82 Å². The molecule has 2 saturated heterocycles. The molecule has 2 aliphatic rings. The van der Waals surface area contributed by atoms with Crippen molar-refractivity contribution >= 4 is 11.6 Å². The number of guanidine groups is 1. The van der Waals surface area contributed by atoms with Crippen molar-refractivity contribution in [2.45, 2.75) is 50.9 Å². The molecule has 0 saturated carbocycles. The van der Waals surface area contributed by atoms with Gasteiger partial charge in [-0.15, -0.1) is 0 Å². The first-order valence-electron chi connectivity index (χ1n) is 9.33. The average Bonchev–Trinajstić information content (AvgIpc) is 3.22. The van der Waals surface area contributed by atoms with Crippen LogP contribution < -0.4 is 15.5 Å². The van der Waals surface area contributed by atoms with Gasteiger partial charge in [0.2, 0.25) is 0 Å². The number of ether oxygens (including phenoxy) is 1. The Kier molecular flexibility index (Phi) is 6.13. The lowest BCUT2D eigenvalue weighted by Gasteiger charge is -2.23. The minimum Gasteiger partial charge on any atom is -0.373 e. The van der Waals surface area contributed by atoms with Crippen LogP contribution in [0.25, 0.3) is 0 Å². The Morgan fingerprint density at radius 3 is 2.88 bits per heavy atom. The maximum absolute atomic E-state index is 13.8. The van der Waals surface area contributed by atoms with Crippen molar-refractivity contribution in [3.8, 4) is 0 Å². The van der Waals surface area contributed by atoms with Crippen LogP contribution in [-0.2, 0) is 4.74 Å². The maximum Gasteiger partial charge on any atom is 0.191 e. The smallest absolute Gasteiger partial charge is 0.191 e. The van der Waals surface area contributed by atoms with Crippen molar-refractivity contribution in [1.82, 2.24) is 10.6 Å². The lowest BCUT2D eigenvalue weighted by Crippen LogP contribution is -2.47. The molecule has 2 aliphatic heterocycles. The quantitative estimate of drug-likeness (QED) is 0.452. The molecular weight excluding hydrogens is 319 g/mol. The number of nitrogens with zero attached hydrogens (tertiary/aromatic N) is 2. The number of halogens is 1. The molecule has 1 aromatic rings. The number of nitrogens with one attached hydrogen (secondary N) is 2. The maximum atomic E-state index is 13.8. The molecule has 1 aromatic carbocycles. The second-order valence-corrected chi connectivity index (χ2v) is 6.85. The van der Waals surface area contributed by atoms with Crippen molar-refractivity contribution in [3.63, 3.8) is 0 Å². The zero-order chi connectivity index (χ0) is 17.6. The average molecular weight is 348 g/mol. The Morgan fingerprint density at radius 2 is 2.20 bits per heavy atom. The molecule has 0 aromatic heterocycles. The van der Waals surface area contributed by atoms with Gasteiger partial charge in [-0.25, -0.2) is 4.39 Å². The Bertz CT molecular complexity index is 595. The van der Waals surface area contributed by atoms with Crippen molar-refractivity contribution < 1.29 is 9.13 Å². The number of aliphatic imine (C=N–C) groups is 1. The van der Waals surface area contributed by atoms with Crippen molar-refractivity contribution in [2.24, 2.45) is 4.99 Å². The number of rotatable bonds is 7. The number of para-hydroxylation sites is 1. The zero-order valence-corrected chi connectivity index (χ0v) is 15.2. The summed E-state index contributed by atoms with van der Waals surface area (Å²) in [6, 6.07) is 7.24. The van der Waals surface area contributed by atoms with Crippen LogP contribution in [0.2, 0.25) is 0 Å². The summed E-state index contributed by atoms with van der Waals surface area (Å²) in [6.07, 6.45) is 5.05. The minimum atomic E-state index is -0.181. The van der Waals surface area contributed by atoms with Gasteiger partial charge >= 0.3 is 0 Å². The molecule has 0 spiro atoms. The van der Waals surface area contributed by atoms with E-state index in [1.807, 2.05) is 18.0 Å². The van der Waals surface area contributed by atoms with Gasteiger partial charge in [-0.3, -0.25) is 4.99 Å². The number of hydrogen-bond donors (Lipinski definition) is 2. The first-order chi connectivity index (χ1) is 12.2. The summed E-state index contributed by atoms with van der Waals surface area (Å²) in [6.45, 7) is 4.37. The molecule has 2 bridgehead atoms. The second kappa shape index (κ2) is 8.52. The molecule has 0 aliphatic carbocycles. The van der Waals surface area contributed by atoms with Crippen LogP contribution in [0.3, 0.4) is 0 Å². The molecule has 0 radical (unpaired) electrons. The summed E-state index contributed by atoms with van der Waals surface area (Å²) in [5.74, 6) is 0.678. The van der Waals surface area contributed by atoms with Crippen molar-refractivity contribution in [1.29, 1.82) is 0 Å². The fraction of sp³-hybridized carbons (Fsp3) is 0.632. The fourth-order valence-electron chi connectivity index (χ4n) is 3.67. The van der Waals surface area contributed by atoms with E-state index < -0.39 is 0 Å². The standard InChI is InChI=1S/C19H29FN4O/c1-3-21-19(23-16-13-14-9-10-18(16)25-14)22-11-6-12-24(2)17-8-5-4-7-15(17)20/h4-5,7-8,14,16,18H,3,6,9-13H2,1-2H3,(H2,21,22,23). The third kappa shape index (κ3) is 4.63. The Morgan fingerprint density at radius 1 is 1.36 bits per heavy atom. The van der Waals surface area contributed by atoms with Crippen LogP contribution in [0.5, 0.6) is 0 Å². The van der Waals surface area contributed by atoms with E-state index >= 15 is 0 Å². The largest absolute Gasteiger partial charge is 0.373 e. The highest BCUT2D eigenvalue weighted by molar-refractivity contribution is 5.80. The van der Waals surface area contributed by atoms with E-state index in [1.54, 1.807) is 12.1 Å². The highest BCUT2D eigenvalue weighted by atomic mass is 19.1. The normalized spacial score (nSPS) is 25.2. The first-order valence-corrected chi connectivity index (χ1v) is 9.33. The van der Waals surface area contributed by atoms with Gasteiger partial charge in [-0.1, -0.05) is 12.1 Å². The topological polar surface area (TPSA) is 48.9 Å². The Hall–Kier alpha value is -1.82. The lowest BCUT2D eigenvalue weighted by molar-refractivity contribution is 0.0992. The summed E-state index contributed by atoms with van der Waals surface area (Å²) in [5.41, 5.74) is 0.635. The highest BCUT2D eigenvalue weighted by Gasteiger charge is 2.41. The highest BCUT2D eigenvalue weighted by Crippen LogP contribution is 2.34. The van der Waals surface area contributed by atoms with Gasteiger partial charge in [0.1, 0.15) is 5.82 Å². The predicted molar refractivity (Wildman–Crippen MR) is 99.7 cm³/mol. The summed E-state index contributed by atoms with van der Waals surface area (Å²) < 4.78 is 19.7. The van der Waals surface area contributed by atoms with Gasteiger partial charge in [-0.2, -0.15) is 0 Å². The molecule has 25 heavy (non-hydrogen) atoms. The van der Waals surface area contributed by atoms with Crippen LogP contribution in [0, 0.1) is 5.82 Å². The molecule has 3 rings (SSSR count). The minimum absolute atomic E-state index is 0.181. The van der Waals surface area contributed by atoms with E-state index in [9.17, 15) is 4.39 Å². The van der Waals surface area contributed by atoms with Gasteiger partial charge in [-0.05, 0) is 44.7 Å². The van der Waals surface area contributed by atoms with Crippen LogP contribution in [0.1, 0.15) is 32.6 Å². The van der Waals surface area contributed by atoms with E-state index in [2.05, 4.69) is 22.5 Å². The van der Waals surface area contributed by atoms with E-state index in [4.69, 9.17) is 4.74 Å². The molecule has 5 nitrogen and oxygen atoms in total. The molecule has 138 valence electrons. The van der Waals surface area contributed by atoms with E-state index in [1.165, 1.54) is 12.5 Å². The summed E-state index contributed by atoms with van der Waals surface area (Å²) in [5, 5.41) is 6.83. The van der Waals surface area contributed by atoms with Crippen molar-refractivity contribution in [3.05, 3.63) is 30.1 Å². The molecule has 0 amide bonds. The SMILES string of the molecule is CCNC(=NCCCN(C)c1ccccc1F)NC1CC2CCC1O2. The molecule has 2 N–H and O–H groups in total. The van der Waals surface area contributed by atoms with Crippen LogP contribution in [0.15, 0.2) is 29.3 Å². The number of anilines is 1. The van der Waals surface area contributed by atoms with E-state index in [0.29, 0.717) is 30.5 Å². The molecule has 6 heteroatoms. The third-order valence-electron chi connectivity index (χ3n) is 4.96. The van der Waals surface area contributed by atoms with Gasteiger partial charge < -0.3 is 20.3 Å². The predicted octanol–water partition coefficient (Wildman–Crippen LogP) is 2.53. The van der Waals surface area contributed by atoms with Gasteiger partial charge in [0.15, 0.2) is 5.96 Å². The van der Waals surface area contributed by atoms with Crippen LogP contribution >= 0.6 is 0 Å². The zero-order valence-electron chi connectivity index (χ0n) is 15.2. The number of benzene rings is 1. The monoisotopic (exact) mass is 348 g/mol. The molecule has 2 heterocycles. The van der Waals surface area contributed by atoms with Crippen LogP contribution in [-0.4, -0.2) is 50.9 Å². The molecule has 3 atom stereocenters. The summed E-state index contributed by atoms with van der Waals surface area (Å²) in [7, 11) is 1.91. The van der Waals surface area contributed by atoms with Crippen LogP contribution in [0.4, 0.5) is 10.1 Å². The third-order valence-corrected chi connectivity index (χ3v) is 4.96. The van der Waals surface area contributed by atoms with Gasteiger partial charge in [0.05, 0.1) is 23.9 Å². The molecular formula is C19H29FN4O. The van der Waals surface area contributed by atoms with Gasteiger partial charge in [0.25, 0.3) is 0 Å². The summed E-state index contributed by atoms with van der Waals surface area (Å²) in [4.78, 5) is 6.61. The summed E-state index contributed by atoms with van der Waals surface area (Å²) >= 11 is 0. The second-order valence-electron chi connectivity index (χ2n) is 6.85. The fourth-order valence-corrected chi connectivity index (χ4v) is 3.67. The lowest BCUT2D eigenvalue weighted by atomic mass is 9.96. The Balaban J connectivity index is 1.46. The first kappa shape index (κ1) is 18.0. The molecule has 3 unspecified atom stereocenters. The van der Waals surface area contributed by atoms with Crippen molar-refractivity contribution in [2.75, 3.05) is 31.6 Å². The van der Waals surface area contributed by atoms with Gasteiger partial charge in [0, 0.05) is 26.7 Å². The molecule has 2 fully saturated rings. The Labute approximate surface area is 149 Å².